The zero-order valence-corrected chi connectivity index (χ0v) is 19.6. The fraction of sp³-hybridized carbons (Fsp3) is 0.375. The smallest absolute Gasteiger partial charge is 0.291 e. The number of furan rings is 1. The maximum atomic E-state index is 12.8. The number of amides is 1. The van der Waals surface area contributed by atoms with Gasteiger partial charge in [0, 0.05) is 35.2 Å². The molecule has 0 saturated carbocycles. The Hall–Kier alpha value is -2.81. The van der Waals surface area contributed by atoms with Crippen molar-refractivity contribution in [1.29, 1.82) is 0 Å². The van der Waals surface area contributed by atoms with Crippen LogP contribution in [0.2, 0.25) is 0 Å². The summed E-state index contributed by atoms with van der Waals surface area (Å²) in [5, 5.41) is 3.90. The summed E-state index contributed by atoms with van der Waals surface area (Å²) in [6.07, 6.45) is 1.50. The molecular formula is C24H28N2O5S. The molecule has 2 aromatic heterocycles. The molecule has 3 aromatic rings. The number of nitrogens with one attached hydrogen (secondary N) is 1. The molecule has 0 aliphatic carbocycles. The van der Waals surface area contributed by atoms with Gasteiger partial charge >= 0.3 is 0 Å². The van der Waals surface area contributed by atoms with Gasteiger partial charge in [-0.05, 0) is 43.7 Å². The van der Waals surface area contributed by atoms with Crippen molar-refractivity contribution in [2.24, 2.45) is 0 Å². The van der Waals surface area contributed by atoms with Gasteiger partial charge in [0.1, 0.15) is 16.5 Å². The molecule has 1 amide bonds. The quantitative estimate of drug-likeness (QED) is 0.558. The summed E-state index contributed by atoms with van der Waals surface area (Å²) in [7, 11) is 3.31. The van der Waals surface area contributed by atoms with Crippen LogP contribution in [0.3, 0.4) is 0 Å². The number of anilines is 1. The van der Waals surface area contributed by atoms with Crippen molar-refractivity contribution in [3.05, 3.63) is 63.9 Å². The maximum absolute atomic E-state index is 12.8. The highest BCUT2D eigenvalue weighted by atomic mass is 32.1. The standard InChI is InChI=1S/C24H28N2O5S/c1-15-16(2)32-24(25-23(27)19-6-5-11-31-19)21(15)22(26-9-12-30-13-10-26)18-8-7-17(28-3)14-20(18)29-4/h5-8,11,14,22H,9-10,12-13H2,1-4H3,(H,25,27)/t22-/m1/s1. The van der Waals surface area contributed by atoms with E-state index in [2.05, 4.69) is 24.1 Å². The molecule has 0 bridgehead atoms. The summed E-state index contributed by atoms with van der Waals surface area (Å²) < 4.78 is 22.1. The third-order valence-electron chi connectivity index (χ3n) is 5.82. The summed E-state index contributed by atoms with van der Waals surface area (Å²) in [4.78, 5) is 16.4. The Balaban J connectivity index is 1.82. The number of ether oxygens (including phenoxy) is 3. The normalized spacial score (nSPS) is 15.4. The Morgan fingerprint density at radius 2 is 1.94 bits per heavy atom. The third-order valence-corrected chi connectivity index (χ3v) is 6.96. The number of morpholine rings is 1. The van der Waals surface area contributed by atoms with Crippen molar-refractivity contribution in [3.8, 4) is 11.5 Å². The predicted octanol–water partition coefficient (Wildman–Crippen LogP) is 4.65. The molecule has 32 heavy (non-hydrogen) atoms. The number of benzene rings is 1. The number of rotatable bonds is 7. The van der Waals surface area contributed by atoms with Crippen LogP contribution >= 0.6 is 11.3 Å². The summed E-state index contributed by atoms with van der Waals surface area (Å²) >= 11 is 1.58. The second kappa shape index (κ2) is 9.77. The van der Waals surface area contributed by atoms with Gasteiger partial charge < -0.3 is 23.9 Å². The molecule has 8 heteroatoms. The van der Waals surface area contributed by atoms with Crippen LogP contribution in [0.5, 0.6) is 11.5 Å². The van der Waals surface area contributed by atoms with Gasteiger partial charge in [-0.3, -0.25) is 9.69 Å². The summed E-state index contributed by atoms with van der Waals surface area (Å²) in [6, 6.07) is 9.15. The first-order valence-electron chi connectivity index (χ1n) is 10.5. The van der Waals surface area contributed by atoms with E-state index < -0.39 is 0 Å². The lowest BCUT2D eigenvalue weighted by Gasteiger charge is -2.36. The second-order valence-corrected chi connectivity index (χ2v) is 8.84. The van der Waals surface area contributed by atoms with Gasteiger partial charge in [0.05, 0.1) is 39.7 Å². The monoisotopic (exact) mass is 456 g/mol. The van der Waals surface area contributed by atoms with Crippen molar-refractivity contribution in [2.45, 2.75) is 19.9 Å². The number of carbonyl (C=O) groups excluding carboxylic acids is 1. The van der Waals surface area contributed by atoms with Crippen LogP contribution in [0.15, 0.2) is 41.0 Å². The summed E-state index contributed by atoms with van der Waals surface area (Å²) in [5.41, 5.74) is 3.24. The van der Waals surface area contributed by atoms with Crippen LogP contribution in [-0.4, -0.2) is 51.3 Å². The molecule has 0 unspecified atom stereocenters. The van der Waals surface area contributed by atoms with Crippen LogP contribution in [0.1, 0.15) is 38.2 Å². The van der Waals surface area contributed by atoms with E-state index in [0.717, 1.165) is 51.2 Å². The number of hydrogen-bond acceptors (Lipinski definition) is 7. The van der Waals surface area contributed by atoms with Gasteiger partial charge in [0.15, 0.2) is 5.76 Å². The Morgan fingerprint density at radius 3 is 2.59 bits per heavy atom. The molecule has 4 rings (SSSR count). The Morgan fingerprint density at radius 1 is 1.16 bits per heavy atom. The lowest BCUT2D eigenvalue weighted by molar-refractivity contribution is 0.0236. The van der Waals surface area contributed by atoms with E-state index >= 15 is 0 Å². The zero-order valence-electron chi connectivity index (χ0n) is 18.8. The first kappa shape index (κ1) is 22.4. The molecular weight excluding hydrogens is 428 g/mol. The number of hydrogen-bond donors (Lipinski definition) is 1. The fourth-order valence-electron chi connectivity index (χ4n) is 4.05. The van der Waals surface area contributed by atoms with Gasteiger partial charge in [-0.25, -0.2) is 0 Å². The maximum Gasteiger partial charge on any atom is 0.291 e. The van der Waals surface area contributed by atoms with E-state index in [0.29, 0.717) is 13.2 Å². The van der Waals surface area contributed by atoms with Gasteiger partial charge in [-0.2, -0.15) is 0 Å². The minimum atomic E-state index is -0.264. The van der Waals surface area contributed by atoms with E-state index in [-0.39, 0.29) is 17.7 Å². The van der Waals surface area contributed by atoms with Gasteiger partial charge in [0.25, 0.3) is 5.91 Å². The Bertz CT molecular complexity index is 1070. The molecule has 7 nitrogen and oxygen atoms in total. The van der Waals surface area contributed by atoms with E-state index in [4.69, 9.17) is 18.6 Å². The van der Waals surface area contributed by atoms with Crippen molar-refractivity contribution in [1.82, 2.24) is 4.90 Å². The van der Waals surface area contributed by atoms with Crippen LogP contribution in [0, 0.1) is 13.8 Å². The summed E-state index contributed by atoms with van der Waals surface area (Å²) in [6.45, 7) is 7.05. The van der Waals surface area contributed by atoms with Crippen molar-refractivity contribution >= 4 is 22.2 Å². The lowest BCUT2D eigenvalue weighted by atomic mass is 9.93. The number of methoxy groups -OCH3 is 2. The highest BCUT2D eigenvalue weighted by molar-refractivity contribution is 7.16. The van der Waals surface area contributed by atoms with Crippen LogP contribution in [-0.2, 0) is 4.74 Å². The van der Waals surface area contributed by atoms with Crippen LogP contribution in [0.4, 0.5) is 5.00 Å². The SMILES string of the molecule is COc1ccc([C@H](c2c(NC(=O)c3ccco3)sc(C)c2C)N2CCOCC2)c(OC)c1. The van der Waals surface area contributed by atoms with Crippen LogP contribution in [0.25, 0.3) is 0 Å². The van der Waals surface area contributed by atoms with E-state index in [1.807, 2.05) is 18.2 Å². The van der Waals surface area contributed by atoms with Crippen molar-refractivity contribution in [3.63, 3.8) is 0 Å². The molecule has 3 heterocycles. The predicted molar refractivity (Wildman–Crippen MR) is 124 cm³/mol. The molecule has 1 fully saturated rings. The Kier molecular flexibility index (Phi) is 6.83. The minimum absolute atomic E-state index is 0.114. The molecule has 0 spiro atoms. The first-order chi connectivity index (χ1) is 15.5. The van der Waals surface area contributed by atoms with E-state index in [1.54, 1.807) is 37.7 Å². The fourth-order valence-corrected chi connectivity index (χ4v) is 5.14. The molecule has 1 aromatic carbocycles. The highest BCUT2D eigenvalue weighted by Crippen LogP contribution is 2.45. The highest BCUT2D eigenvalue weighted by Gasteiger charge is 2.32. The molecule has 1 atom stereocenters. The van der Waals surface area contributed by atoms with Crippen molar-refractivity contribution in [2.75, 3.05) is 45.8 Å². The van der Waals surface area contributed by atoms with Gasteiger partial charge in [-0.1, -0.05) is 0 Å². The largest absolute Gasteiger partial charge is 0.497 e. The Labute approximate surface area is 191 Å². The van der Waals surface area contributed by atoms with Crippen molar-refractivity contribution < 1.29 is 23.4 Å². The number of carbonyl (C=O) groups is 1. The number of nitrogens with zero attached hydrogens (tertiary/aromatic N) is 1. The number of aryl methyl sites for hydroxylation is 1. The van der Waals surface area contributed by atoms with Gasteiger partial charge in [0.2, 0.25) is 0 Å². The third kappa shape index (κ3) is 4.39. The average Bonchev–Trinajstić information content (AvgIpc) is 3.45. The number of thiophene rings is 1. The van der Waals surface area contributed by atoms with E-state index in [9.17, 15) is 4.79 Å². The molecule has 0 radical (unpaired) electrons. The first-order valence-corrected chi connectivity index (χ1v) is 11.3. The molecule has 1 aliphatic heterocycles. The zero-order chi connectivity index (χ0) is 22.7. The molecule has 1 saturated heterocycles. The minimum Gasteiger partial charge on any atom is -0.497 e. The van der Waals surface area contributed by atoms with Gasteiger partial charge in [-0.15, -0.1) is 11.3 Å². The van der Waals surface area contributed by atoms with E-state index in [1.165, 1.54) is 6.26 Å². The lowest BCUT2D eigenvalue weighted by Crippen LogP contribution is -2.40. The van der Waals surface area contributed by atoms with Crippen LogP contribution < -0.4 is 14.8 Å². The average molecular weight is 457 g/mol. The summed E-state index contributed by atoms with van der Waals surface area (Å²) in [5.74, 6) is 1.49. The molecule has 170 valence electrons. The topological polar surface area (TPSA) is 73.2 Å². The second-order valence-electron chi connectivity index (χ2n) is 7.62. The molecule has 1 N–H and O–H groups in total. The molecule has 1 aliphatic rings.